The van der Waals surface area contributed by atoms with Crippen molar-refractivity contribution >= 4 is 16.8 Å². The average molecular weight is 336 g/mol. The Bertz CT molecular complexity index is 709. The molecule has 1 aromatic carbocycles. The third kappa shape index (κ3) is 3.73. The lowest BCUT2D eigenvalue weighted by molar-refractivity contribution is -0.858. The van der Waals surface area contributed by atoms with Crippen molar-refractivity contribution in [2.45, 2.75) is 6.42 Å². The van der Waals surface area contributed by atoms with Gasteiger partial charge in [0.2, 0.25) is 5.75 Å². The summed E-state index contributed by atoms with van der Waals surface area (Å²) < 4.78 is 16.2. The Morgan fingerprint density at radius 2 is 1.83 bits per heavy atom. The van der Waals surface area contributed by atoms with Gasteiger partial charge in [-0.2, -0.15) is 0 Å². The zero-order valence-electron chi connectivity index (χ0n) is 14.9. The molecule has 132 valence electrons. The smallest absolute Gasteiger partial charge is 0.267 e. The molecule has 3 N–H and O–H groups in total. The van der Waals surface area contributed by atoms with Crippen molar-refractivity contribution in [1.29, 1.82) is 0 Å². The first-order chi connectivity index (χ1) is 11.5. The Balaban J connectivity index is 2.25. The van der Waals surface area contributed by atoms with Crippen LogP contribution in [0.4, 0.5) is 0 Å². The summed E-state index contributed by atoms with van der Waals surface area (Å²) in [5, 5.41) is 3.70. The first-order valence-electron chi connectivity index (χ1n) is 7.90. The van der Waals surface area contributed by atoms with E-state index in [1.807, 2.05) is 0 Å². The molecule has 0 atom stereocenters. The van der Waals surface area contributed by atoms with Crippen molar-refractivity contribution in [3.63, 3.8) is 0 Å². The van der Waals surface area contributed by atoms with Gasteiger partial charge in [0.1, 0.15) is 5.69 Å². The van der Waals surface area contributed by atoms with Gasteiger partial charge >= 0.3 is 0 Å². The van der Waals surface area contributed by atoms with Crippen molar-refractivity contribution in [2.24, 2.45) is 0 Å². The van der Waals surface area contributed by atoms with Gasteiger partial charge in [0.25, 0.3) is 5.91 Å². The summed E-state index contributed by atoms with van der Waals surface area (Å²) in [5.74, 6) is 1.45. The Hall–Kier alpha value is -2.41. The van der Waals surface area contributed by atoms with Crippen LogP contribution in [0.5, 0.6) is 17.2 Å². The number of aromatic nitrogens is 1. The Kier molecular flexibility index (Phi) is 5.92. The molecule has 0 aliphatic rings. The van der Waals surface area contributed by atoms with E-state index in [9.17, 15) is 4.79 Å². The van der Waals surface area contributed by atoms with Gasteiger partial charge in [-0.15, -0.1) is 0 Å². The molecule has 0 bridgehead atoms. The van der Waals surface area contributed by atoms with Crippen LogP contribution in [0.3, 0.4) is 0 Å². The number of carbonyl (C=O) groups is 1. The Morgan fingerprint density at radius 1 is 1.12 bits per heavy atom. The molecular formula is C17H26N3O4+. The SMILES string of the molecule is COc1cc2[nH]c(C(=O)NCCC[NH+](C)C)cc2c(OC)c1OC. The fourth-order valence-electron chi connectivity index (χ4n) is 2.61. The second-order valence-electron chi connectivity index (χ2n) is 5.86. The van der Waals surface area contributed by atoms with Gasteiger partial charge in [0.15, 0.2) is 11.5 Å². The number of aromatic amines is 1. The quantitative estimate of drug-likeness (QED) is 0.612. The molecule has 0 saturated heterocycles. The fourth-order valence-corrected chi connectivity index (χ4v) is 2.61. The van der Waals surface area contributed by atoms with Gasteiger partial charge in [0.05, 0.1) is 47.5 Å². The number of H-pyrrole nitrogens is 1. The third-order valence-corrected chi connectivity index (χ3v) is 3.81. The Labute approximate surface area is 141 Å². The number of hydrogen-bond acceptors (Lipinski definition) is 4. The maximum absolute atomic E-state index is 12.3. The third-order valence-electron chi connectivity index (χ3n) is 3.81. The lowest BCUT2D eigenvalue weighted by Crippen LogP contribution is -3.05. The van der Waals surface area contributed by atoms with Crippen molar-refractivity contribution < 1.29 is 23.9 Å². The summed E-state index contributed by atoms with van der Waals surface area (Å²) in [5.41, 5.74) is 1.24. The zero-order valence-corrected chi connectivity index (χ0v) is 14.9. The second-order valence-corrected chi connectivity index (χ2v) is 5.86. The number of carbonyl (C=O) groups excluding carboxylic acids is 1. The highest BCUT2D eigenvalue weighted by atomic mass is 16.5. The molecule has 1 heterocycles. The monoisotopic (exact) mass is 336 g/mol. The van der Waals surface area contributed by atoms with Crippen LogP contribution in [0.25, 0.3) is 10.9 Å². The van der Waals surface area contributed by atoms with Crippen molar-refractivity contribution in [1.82, 2.24) is 10.3 Å². The van der Waals surface area contributed by atoms with Gasteiger partial charge < -0.3 is 29.4 Å². The number of amides is 1. The number of fused-ring (bicyclic) bond motifs is 1. The van der Waals surface area contributed by atoms with Crippen LogP contribution in [-0.4, -0.2) is 59.4 Å². The number of quaternary nitrogens is 1. The Morgan fingerprint density at radius 3 is 2.42 bits per heavy atom. The van der Waals surface area contributed by atoms with Crippen molar-refractivity contribution in [3.8, 4) is 17.2 Å². The standard InChI is InChI=1S/C17H25N3O4/c1-20(2)8-6-7-18-17(21)13-9-11-12(19-13)10-14(22-3)16(24-5)15(11)23-4/h9-10,19H,6-8H2,1-5H3,(H,18,21)/p+1. The largest absolute Gasteiger partial charge is 0.493 e. The number of rotatable bonds is 8. The molecule has 0 aliphatic heterocycles. The molecule has 1 aromatic heterocycles. The topological polar surface area (TPSA) is 77.0 Å². The number of hydrogen-bond donors (Lipinski definition) is 3. The molecule has 0 spiro atoms. The first-order valence-corrected chi connectivity index (χ1v) is 7.90. The fraction of sp³-hybridized carbons (Fsp3) is 0.471. The van der Waals surface area contributed by atoms with Gasteiger partial charge in [-0.3, -0.25) is 4.79 Å². The molecule has 0 fully saturated rings. The lowest BCUT2D eigenvalue weighted by atomic mass is 10.2. The van der Waals surface area contributed by atoms with Crippen LogP contribution < -0.4 is 24.4 Å². The van der Waals surface area contributed by atoms with E-state index in [-0.39, 0.29) is 5.91 Å². The lowest BCUT2D eigenvalue weighted by Gasteiger charge is -2.12. The van der Waals surface area contributed by atoms with E-state index < -0.39 is 0 Å². The zero-order chi connectivity index (χ0) is 17.7. The second kappa shape index (κ2) is 7.92. The highest BCUT2D eigenvalue weighted by molar-refractivity contribution is 6.01. The molecule has 2 rings (SSSR count). The summed E-state index contributed by atoms with van der Waals surface area (Å²) in [6.07, 6.45) is 0.930. The van der Waals surface area contributed by atoms with E-state index in [0.717, 1.165) is 23.9 Å². The number of ether oxygens (including phenoxy) is 3. The van der Waals surface area contributed by atoms with E-state index in [1.54, 1.807) is 33.5 Å². The summed E-state index contributed by atoms with van der Waals surface area (Å²) in [6, 6.07) is 3.56. The number of methoxy groups -OCH3 is 3. The van der Waals surface area contributed by atoms with Gasteiger partial charge in [-0.25, -0.2) is 0 Å². The predicted molar refractivity (Wildman–Crippen MR) is 92.6 cm³/mol. The van der Waals surface area contributed by atoms with Crippen LogP contribution >= 0.6 is 0 Å². The minimum atomic E-state index is -0.139. The van der Waals surface area contributed by atoms with Gasteiger partial charge in [0, 0.05) is 24.4 Å². The maximum Gasteiger partial charge on any atom is 0.267 e. The highest BCUT2D eigenvalue weighted by Crippen LogP contribution is 2.43. The molecule has 0 unspecified atom stereocenters. The molecule has 0 saturated carbocycles. The van der Waals surface area contributed by atoms with E-state index >= 15 is 0 Å². The summed E-state index contributed by atoms with van der Waals surface area (Å²) in [7, 11) is 8.86. The molecule has 24 heavy (non-hydrogen) atoms. The predicted octanol–water partition coefficient (Wildman–Crippen LogP) is 0.458. The molecule has 7 nitrogen and oxygen atoms in total. The van der Waals surface area contributed by atoms with Crippen LogP contribution in [0.15, 0.2) is 12.1 Å². The maximum atomic E-state index is 12.3. The van der Waals surface area contributed by atoms with Crippen LogP contribution in [0, 0.1) is 0 Å². The molecule has 0 radical (unpaired) electrons. The number of nitrogens with one attached hydrogen (secondary N) is 3. The molecule has 2 aromatic rings. The van der Waals surface area contributed by atoms with E-state index in [1.165, 1.54) is 4.90 Å². The van der Waals surface area contributed by atoms with E-state index in [4.69, 9.17) is 14.2 Å². The molecular weight excluding hydrogens is 310 g/mol. The first kappa shape index (κ1) is 17.9. The number of benzene rings is 1. The van der Waals surface area contributed by atoms with Crippen molar-refractivity contribution in [2.75, 3.05) is 48.5 Å². The summed E-state index contributed by atoms with van der Waals surface area (Å²) in [6.45, 7) is 1.65. The molecule has 1 amide bonds. The molecule has 7 heteroatoms. The average Bonchev–Trinajstić information content (AvgIpc) is 3.00. The van der Waals surface area contributed by atoms with Crippen LogP contribution in [0.1, 0.15) is 16.9 Å². The van der Waals surface area contributed by atoms with Crippen LogP contribution in [-0.2, 0) is 0 Å². The minimum Gasteiger partial charge on any atom is -0.493 e. The minimum absolute atomic E-state index is 0.139. The normalized spacial score (nSPS) is 10.9. The van der Waals surface area contributed by atoms with Crippen molar-refractivity contribution in [3.05, 3.63) is 17.8 Å². The van der Waals surface area contributed by atoms with E-state index in [0.29, 0.717) is 29.5 Å². The molecule has 0 aliphatic carbocycles. The van der Waals surface area contributed by atoms with Gasteiger partial charge in [-0.05, 0) is 6.07 Å². The van der Waals surface area contributed by atoms with Crippen LogP contribution in [0.2, 0.25) is 0 Å². The summed E-state index contributed by atoms with van der Waals surface area (Å²) >= 11 is 0. The van der Waals surface area contributed by atoms with E-state index in [2.05, 4.69) is 24.4 Å². The highest BCUT2D eigenvalue weighted by Gasteiger charge is 2.19. The van der Waals surface area contributed by atoms with Gasteiger partial charge in [-0.1, -0.05) is 0 Å². The summed E-state index contributed by atoms with van der Waals surface area (Å²) in [4.78, 5) is 16.8.